The Morgan fingerprint density at radius 3 is 2.61 bits per heavy atom. The average Bonchev–Trinajstić information content (AvgIpc) is 3.25. The molecule has 1 heterocycles. The van der Waals surface area contributed by atoms with Crippen LogP contribution in [0.25, 0.3) is 20.8 Å². The molecule has 3 nitrogen and oxygen atoms in total. The second kappa shape index (κ2) is 6.13. The molecule has 1 saturated carbocycles. The quantitative estimate of drug-likeness (QED) is 0.729. The number of aromatic nitrogens is 1. The first-order chi connectivity index (χ1) is 11.3. The number of hydrogen-bond acceptors (Lipinski definition) is 3. The van der Waals surface area contributed by atoms with Gasteiger partial charge in [0.2, 0.25) is 5.91 Å². The average molecular weight is 322 g/mol. The minimum absolute atomic E-state index is 0.149. The molecule has 4 heteroatoms. The van der Waals surface area contributed by atoms with Gasteiger partial charge in [-0.15, -0.1) is 11.3 Å². The van der Waals surface area contributed by atoms with E-state index in [9.17, 15) is 4.79 Å². The van der Waals surface area contributed by atoms with Crippen LogP contribution >= 0.6 is 11.3 Å². The summed E-state index contributed by atoms with van der Waals surface area (Å²) in [5, 5.41) is 4.08. The topological polar surface area (TPSA) is 42.0 Å². The molecule has 0 unspecified atom stereocenters. The van der Waals surface area contributed by atoms with Gasteiger partial charge in [0.15, 0.2) is 0 Å². The molecule has 2 aromatic carbocycles. The molecule has 3 aromatic rings. The molecule has 0 aliphatic heterocycles. The largest absolute Gasteiger partial charge is 0.325 e. The highest BCUT2D eigenvalue weighted by Crippen LogP contribution is 2.35. The SMILES string of the molecule is O=C(Nc1ccccc1-c1nc2ccccc2s1)C1CCCC1. The number of hydrogen-bond donors (Lipinski definition) is 1. The second-order valence-corrected chi connectivity index (χ2v) is 7.03. The Morgan fingerprint density at radius 1 is 1.04 bits per heavy atom. The number of rotatable bonds is 3. The molecule has 0 atom stereocenters. The summed E-state index contributed by atoms with van der Waals surface area (Å²) in [6, 6.07) is 16.1. The number of para-hydroxylation sites is 2. The molecule has 116 valence electrons. The lowest BCUT2D eigenvalue weighted by Crippen LogP contribution is -2.20. The van der Waals surface area contributed by atoms with E-state index in [2.05, 4.69) is 11.4 Å². The molecule has 0 bridgehead atoms. The maximum Gasteiger partial charge on any atom is 0.227 e. The van der Waals surface area contributed by atoms with Gasteiger partial charge in [-0.2, -0.15) is 0 Å². The van der Waals surface area contributed by atoms with Crippen LogP contribution in [-0.4, -0.2) is 10.9 Å². The molecule has 1 aliphatic carbocycles. The molecule has 1 aromatic heterocycles. The number of carbonyl (C=O) groups excluding carboxylic acids is 1. The molecular weight excluding hydrogens is 304 g/mol. The maximum absolute atomic E-state index is 12.4. The van der Waals surface area contributed by atoms with E-state index in [1.165, 1.54) is 4.70 Å². The second-order valence-electron chi connectivity index (χ2n) is 6.00. The fourth-order valence-electron chi connectivity index (χ4n) is 3.19. The smallest absolute Gasteiger partial charge is 0.227 e. The molecular formula is C19H18N2OS. The van der Waals surface area contributed by atoms with E-state index in [0.29, 0.717) is 0 Å². The van der Waals surface area contributed by atoms with Crippen molar-refractivity contribution in [3.8, 4) is 10.6 Å². The van der Waals surface area contributed by atoms with E-state index in [1.807, 2.05) is 42.5 Å². The van der Waals surface area contributed by atoms with Crippen molar-refractivity contribution in [2.24, 2.45) is 5.92 Å². The van der Waals surface area contributed by atoms with Crippen LogP contribution in [0, 0.1) is 5.92 Å². The highest BCUT2D eigenvalue weighted by Gasteiger charge is 2.23. The van der Waals surface area contributed by atoms with Crippen molar-refractivity contribution < 1.29 is 4.79 Å². The Hall–Kier alpha value is -2.20. The third-order valence-corrected chi connectivity index (χ3v) is 5.50. The predicted octanol–water partition coefficient (Wildman–Crippen LogP) is 5.09. The first-order valence-corrected chi connectivity index (χ1v) is 8.89. The monoisotopic (exact) mass is 322 g/mol. The fourth-order valence-corrected chi connectivity index (χ4v) is 4.19. The molecule has 1 aliphatic rings. The normalized spacial score (nSPS) is 15.1. The van der Waals surface area contributed by atoms with E-state index < -0.39 is 0 Å². The Bertz CT molecular complexity index is 816. The lowest BCUT2D eigenvalue weighted by molar-refractivity contribution is -0.119. The zero-order valence-corrected chi connectivity index (χ0v) is 13.6. The molecule has 1 N–H and O–H groups in total. The van der Waals surface area contributed by atoms with E-state index in [1.54, 1.807) is 11.3 Å². The van der Waals surface area contributed by atoms with Crippen molar-refractivity contribution in [2.45, 2.75) is 25.7 Å². The Labute approximate surface area is 139 Å². The summed E-state index contributed by atoms with van der Waals surface area (Å²) < 4.78 is 1.17. The van der Waals surface area contributed by atoms with E-state index in [-0.39, 0.29) is 11.8 Å². The van der Waals surface area contributed by atoms with Crippen molar-refractivity contribution >= 4 is 33.1 Å². The molecule has 0 saturated heterocycles. The number of benzene rings is 2. The molecule has 1 amide bonds. The lowest BCUT2D eigenvalue weighted by atomic mass is 10.1. The number of thiazole rings is 1. The van der Waals surface area contributed by atoms with Crippen LogP contribution in [0.4, 0.5) is 5.69 Å². The molecule has 0 spiro atoms. The van der Waals surface area contributed by atoms with Gasteiger partial charge >= 0.3 is 0 Å². The third kappa shape index (κ3) is 2.86. The van der Waals surface area contributed by atoms with Gasteiger partial charge in [0.25, 0.3) is 0 Å². The summed E-state index contributed by atoms with van der Waals surface area (Å²) in [6.07, 6.45) is 4.35. The van der Waals surface area contributed by atoms with Gasteiger partial charge < -0.3 is 5.32 Å². The van der Waals surface area contributed by atoms with E-state index in [4.69, 9.17) is 4.98 Å². The number of fused-ring (bicyclic) bond motifs is 1. The summed E-state index contributed by atoms with van der Waals surface area (Å²) in [5.41, 5.74) is 2.87. The zero-order chi connectivity index (χ0) is 15.6. The summed E-state index contributed by atoms with van der Waals surface area (Å²) in [6.45, 7) is 0. The van der Waals surface area contributed by atoms with Crippen molar-refractivity contribution in [3.63, 3.8) is 0 Å². The van der Waals surface area contributed by atoms with Gasteiger partial charge in [-0.3, -0.25) is 4.79 Å². The van der Waals surface area contributed by atoms with Gasteiger partial charge in [0.05, 0.1) is 15.9 Å². The number of amides is 1. The van der Waals surface area contributed by atoms with Gasteiger partial charge in [-0.1, -0.05) is 37.1 Å². The first kappa shape index (κ1) is 14.4. The van der Waals surface area contributed by atoms with Crippen molar-refractivity contribution in [1.82, 2.24) is 4.98 Å². The summed E-state index contributed by atoms with van der Waals surface area (Å²) in [5.74, 6) is 0.314. The van der Waals surface area contributed by atoms with Gasteiger partial charge in [0, 0.05) is 11.5 Å². The Morgan fingerprint density at radius 2 is 1.78 bits per heavy atom. The number of nitrogens with zero attached hydrogens (tertiary/aromatic N) is 1. The van der Waals surface area contributed by atoms with E-state index in [0.717, 1.165) is 47.5 Å². The maximum atomic E-state index is 12.4. The van der Waals surface area contributed by atoms with Gasteiger partial charge in [0.1, 0.15) is 5.01 Å². The Balaban J connectivity index is 1.67. The minimum atomic E-state index is 0.149. The van der Waals surface area contributed by atoms with Crippen molar-refractivity contribution in [2.75, 3.05) is 5.32 Å². The van der Waals surface area contributed by atoms with Crippen LogP contribution in [0.2, 0.25) is 0 Å². The fraction of sp³-hybridized carbons (Fsp3) is 0.263. The van der Waals surface area contributed by atoms with Crippen molar-refractivity contribution in [1.29, 1.82) is 0 Å². The van der Waals surface area contributed by atoms with Crippen LogP contribution in [0.5, 0.6) is 0 Å². The van der Waals surface area contributed by atoms with Crippen LogP contribution in [-0.2, 0) is 4.79 Å². The highest BCUT2D eigenvalue weighted by molar-refractivity contribution is 7.21. The van der Waals surface area contributed by atoms with Crippen molar-refractivity contribution in [3.05, 3.63) is 48.5 Å². The lowest BCUT2D eigenvalue weighted by Gasteiger charge is -2.12. The third-order valence-electron chi connectivity index (χ3n) is 4.44. The van der Waals surface area contributed by atoms with Crippen LogP contribution in [0.15, 0.2) is 48.5 Å². The van der Waals surface area contributed by atoms with Crippen LogP contribution < -0.4 is 5.32 Å². The standard InChI is InChI=1S/C19H18N2OS/c22-18(13-7-1-2-8-13)20-15-10-4-3-9-14(15)19-21-16-11-5-6-12-17(16)23-19/h3-6,9-13H,1-2,7-8H2,(H,20,22). The molecule has 1 fully saturated rings. The number of anilines is 1. The number of carbonyl (C=O) groups is 1. The molecule has 0 radical (unpaired) electrons. The zero-order valence-electron chi connectivity index (χ0n) is 12.8. The minimum Gasteiger partial charge on any atom is -0.325 e. The first-order valence-electron chi connectivity index (χ1n) is 8.07. The Kier molecular flexibility index (Phi) is 3.83. The molecule has 23 heavy (non-hydrogen) atoms. The van der Waals surface area contributed by atoms with Crippen LogP contribution in [0.3, 0.4) is 0 Å². The summed E-state index contributed by atoms with van der Waals surface area (Å²) in [4.78, 5) is 17.2. The predicted molar refractivity (Wildman–Crippen MR) is 95.6 cm³/mol. The summed E-state index contributed by atoms with van der Waals surface area (Å²) in [7, 11) is 0. The number of nitrogens with one attached hydrogen (secondary N) is 1. The van der Waals surface area contributed by atoms with Crippen LogP contribution in [0.1, 0.15) is 25.7 Å². The van der Waals surface area contributed by atoms with E-state index >= 15 is 0 Å². The highest BCUT2D eigenvalue weighted by atomic mass is 32.1. The van der Waals surface area contributed by atoms with Gasteiger partial charge in [-0.25, -0.2) is 4.98 Å². The summed E-state index contributed by atoms with van der Waals surface area (Å²) >= 11 is 1.66. The van der Waals surface area contributed by atoms with Gasteiger partial charge in [-0.05, 0) is 37.1 Å². The molecule has 4 rings (SSSR count).